The lowest BCUT2D eigenvalue weighted by Crippen LogP contribution is -2.40. The molecule has 1 saturated heterocycles. The van der Waals surface area contributed by atoms with Crippen molar-refractivity contribution in [3.8, 4) is 5.75 Å². The number of nitrogens with one attached hydrogen (secondary N) is 1. The van der Waals surface area contributed by atoms with Crippen molar-refractivity contribution < 1.29 is 18.6 Å². The monoisotopic (exact) mass is 557 g/mol. The predicted octanol–water partition coefficient (Wildman–Crippen LogP) is 5.95. The normalized spacial score (nSPS) is 22.4. The van der Waals surface area contributed by atoms with Gasteiger partial charge in [-0.1, -0.05) is 86.6 Å². The summed E-state index contributed by atoms with van der Waals surface area (Å²) in [4.78, 5) is 17.8. The van der Waals surface area contributed by atoms with E-state index in [2.05, 4.69) is 10.3 Å². The molecule has 3 aromatic carbocycles. The van der Waals surface area contributed by atoms with Crippen molar-refractivity contribution in [3.05, 3.63) is 124 Å². The molecule has 1 fully saturated rings. The summed E-state index contributed by atoms with van der Waals surface area (Å²) >= 11 is 0. The molecule has 2 heterocycles. The third-order valence-corrected chi connectivity index (χ3v) is 8.28. The second-order valence-corrected chi connectivity index (χ2v) is 10.4. The van der Waals surface area contributed by atoms with Gasteiger partial charge in [0.25, 0.3) is 0 Å². The number of methoxy groups -OCH3 is 2. The number of hydrogen-bond donors (Lipinski definition) is 1. The molecule has 41 heavy (non-hydrogen) atoms. The van der Waals surface area contributed by atoms with Crippen LogP contribution in [0.1, 0.15) is 43.2 Å². The van der Waals surface area contributed by atoms with Crippen LogP contribution >= 0.6 is 0 Å². The molecule has 1 aliphatic rings. The van der Waals surface area contributed by atoms with Gasteiger partial charge in [0.2, 0.25) is 0 Å². The molecule has 214 valence electrons. The van der Waals surface area contributed by atoms with E-state index in [-0.39, 0.29) is 6.61 Å². The zero-order chi connectivity index (χ0) is 29.0. The number of ether oxygens (including phenoxy) is 3. The van der Waals surface area contributed by atoms with Crippen molar-refractivity contribution in [1.82, 2.24) is 9.55 Å². The molecule has 0 bridgehead atoms. The number of aromatic nitrogens is 2. The molecule has 0 unspecified atom stereocenters. The van der Waals surface area contributed by atoms with E-state index in [1.54, 1.807) is 33.4 Å². The Morgan fingerprint density at radius 2 is 1.54 bits per heavy atom. The summed E-state index contributed by atoms with van der Waals surface area (Å²) in [6, 6.07) is 29.5. The van der Waals surface area contributed by atoms with Crippen LogP contribution in [-0.2, 0) is 15.0 Å². The highest BCUT2D eigenvalue weighted by Crippen LogP contribution is 2.45. The number of rotatable bonds is 10. The van der Waals surface area contributed by atoms with Crippen molar-refractivity contribution >= 4 is 5.82 Å². The fraction of sp³-hybridized carbons (Fsp3) is 0.333. The zero-order valence-electron chi connectivity index (χ0n) is 23.8. The van der Waals surface area contributed by atoms with Crippen molar-refractivity contribution in [2.24, 2.45) is 5.92 Å². The second-order valence-electron chi connectivity index (χ2n) is 10.4. The highest BCUT2D eigenvalue weighted by atomic mass is 19.1. The molecule has 0 spiro atoms. The zero-order valence-corrected chi connectivity index (χ0v) is 23.8. The summed E-state index contributed by atoms with van der Waals surface area (Å²) in [6.45, 7) is 3.97. The fourth-order valence-corrected chi connectivity index (χ4v) is 5.88. The maximum Gasteiger partial charge on any atom is 0.351 e. The molecule has 0 radical (unpaired) electrons. The Labute approximate surface area is 239 Å². The van der Waals surface area contributed by atoms with E-state index < -0.39 is 35.1 Å². The van der Waals surface area contributed by atoms with Gasteiger partial charge < -0.3 is 19.5 Å². The Morgan fingerprint density at radius 3 is 2.05 bits per heavy atom. The molecule has 0 saturated carbocycles. The third-order valence-electron chi connectivity index (χ3n) is 8.28. The molecular weight excluding hydrogens is 521 g/mol. The molecule has 7 nitrogen and oxygen atoms in total. The minimum atomic E-state index is -1.39. The third kappa shape index (κ3) is 5.13. The van der Waals surface area contributed by atoms with Gasteiger partial charge in [-0.05, 0) is 41.3 Å². The maximum atomic E-state index is 15.6. The van der Waals surface area contributed by atoms with Gasteiger partial charge >= 0.3 is 5.69 Å². The van der Waals surface area contributed by atoms with Crippen LogP contribution in [0, 0.1) is 5.92 Å². The molecule has 1 aromatic heterocycles. The van der Waals surface area contributed by atoms with Crippen LogP contribution in [0.2, 0.25) is 0 Å². The van der Waals surface area contributed by atoms with Crippen molar-refractivity contribution in [1.29, 1.82) is 0 Å². The van der Waals surface area contributed by atoms with Gasteiger partial charge in [-0.3, -0.25) is 4.57 Å². The van der Waals surface area contributed by atoms with Gasteiger partial charge in [0.1, 0.15) is 17.1 Å². The second kappa shape index (κ2) is 11.8. The lowest BCUT2D eigenvalue weighted by molar-refractivity contribution is -0.122. The maximum absolute atomic E-state index is 15.6. The number of hydrogen-bond acceptors (Lipinski definition) is 6. The predicted molar refractivity (Wildman–Crippen MR) is 157 cm³/mol. The minimum absolute atomic E-state index is 0.238. The molecular formula is C33H36FN3O4. The summed E-state index contributed by atoms with van der Waals surface area (Å²) in [5.41, 5.74) is 0.490. The lowest BCUT2D eigenvalue weighted by atomic mass is 9.77. The van der Waals surface area contributed by atoms with Crippen molar-refractivity contribution in [2.75, 3.05) is 26.1 Å². The first kappa shape index (κ1) is 28.5. The van der Waals surface area contributed by atoms with Gasteiger partial charge in [0.15, 0.2) is 12.4 Å². The van der Waals surface area contributed by atoms with E-state index in [0.29, 0.717) is 12.2 Å². The van der Waals surface area contributed by atoms with E-state index in [9.17, 15) is 4.79 Å². The summed E-state index contributed by atoms with van der Waals surface area (Å²) in [6.07, 6.45) is -0.381. The van der Waals surface area contributed by atoms with Crippen LogP contribution in [0.5, 0.6) is 5.75 Å². The summed E-state index contributed by atoms with van der Waals surface area (Å²) < 4.78 is 33.8. The number of halogens is 1. The van der Waals surface area contributed by atoms with E-state index >= 15 is 4.39 Å². The smallest absolute Gasteiger partial charge is 0.351 e. The Kier molecular flexibility index (Phi) is 8.24. The van der Waals surface area contributed by atoms with Crippen LogP contribution in [0.15, 0.2) is 102 Å². The first-order valence-electron chi connectivity index (χ1n) is 13.8. The fourth-order valence-electron chi connectivity index (χ4n) is 5.88. The van der Waals surface area contributed by atoms with Crippen molar-refractivity contribution in [2.45, 2.75) is 43.8 Å². The van der Waals surface area contributed by atoms with Crippen LogP contribution in [0.4, 0.5) is 10.2 Å². The quantitative estimate of drug-likeness (QED) is 0.243. The van der Waals surface area contributed by atoms with Crippen molar-refractivity contribution in [3.63, 3.8) is 0 Å². The highest BCUT2D eigenvalue weighted by molar-refractivity contribution is 5.58. The average molecular weight is 558 g/mol. The van der Waals surface area contributed by atoms with E-state index in [1.807, 2.05) is 91.9 Å². The number of anilines is 1. The molecule has 8 heteroatoms. The number of alkyl halides is 1. The number of benzene rings is 3. The van der Waals surface area contributed by atoms with Crippen LogP contribution in [-0.4, -0.2) is 42.2 Å². The largest absolute Gasteiger partial charge is 0.497 e. The van der Waals surface area contributed by atoms with E-state index in [0.717, 1.165) is 22.4 Å². The Bertz CT molecular complexity index is 1460. The first-order valence-corrected chi connectivity index (χ1v) is 13.8. The lowest BCUT2D eigenvalue weighted by Gasteiger charge is -2.37. The van der Waals surface area contributed by atoms with Gasteiger partial charge in [-0.25, -0.2) is 9.18 Å². The average Bonchev–Trinajstić information content (AvgIpc) is 3.26. The topological polar surface area (TPSA) is 74.6 Å². The van der Waals surface area contributed by atoms with E-state index in [4.69, 9.17) is 14.2 Å². The molecule has 0 aliphatic carbocycles. The Hall–Kier alpha value is -4.01. The molecule has 0 amide bonds. The van der Waals surface area contributed by atoms with Gasteiger partial charge in [-0.15, -0.1) is 0 Å². The summed E-state index contributed by atoms with van der Waals surface area (Å²) in [5, 5.41) is 3.59. The Balaban J connectivity index is 1.60. The van der Waals surface area contributed by atoms with Gasteiger partial charge in [0.05, 0.1) is 19.3 Å². The number of nitrogens with zero attached hydrogens (tertiary/aromatic N) is 2. The standard InChI is InChI=1S/C33H36FN3O4/c1-5-32(22-39-3)23(2)29(34)30(41-32)37-21-20-28(35-31(37)38)36-33(24-12-8-6-9-13-24,25-14-10-7-11-15-25)26-16-18-27(40-4)19-17-26/h6-21,23,29-30H,5,22H2,1-4H3,(H,35,36,38)/t23-,29+,30+,32-/m0/s1. The summed E-state index contributed by atoms with van der Waals surface area (Å²) in [5.74, 6) is 0.614. The Morgan fingerprint density at radius 1 is 0.951 bits per heavy atom. The minimum Gasteiger partial charge on any atom is -0.497 e. The molecule has 4 atom stereocenters. The van der Waals surface area contributed by atoms with Crippen LogP contribution in [0.25, 0.3) is 0 Å². The highest BCUT2D eigenvalue weighted by Gasteiger charge is 2.53. The SMILES string of the molecule is CC[C@@]1(COC)O[C@@H](n2ccc(NC(c3ccccc3)(c3ccccc3)c3ccc(OC)cc3)nc2=O)[C@H](F)[C@@H]1C. The molecule has 1 aliphatic heterocycles. The van der Waals surface area contributed by atoms with Crippen LogP contribution < -0.4 is 15.7 Å². The first-order chi connectivity index (χ1) is 19.9. The molecule has 1 N–H and O–H groups in total. The summed E-state index contributed by atoms with van der Waals surface area (Å²) in [7, 11) is 3.20. The van der Waals surface area contributed by atoms with Crippen LogP contribution in [0.3, 0.4) is 0 Å². The van der Waals surface area contributed by atoms with E-state index in [1.165, 1.54) is 4.57 Å². The molecule has 4 aromatic rings. The van der Waals surface area contributed by atoms with Gasteiger partial charge in [-0.2, -0.15) is 4.98 Å². The molecule has 5 rings (SSSR count). The van der Waals surface area contributed by atoms with Gasteiger partial charge in [0, 0.05) is 19.2 Å².